The molecule has 0 spiro atoms. The molecule has 2 amide bonds. The van der Waals surface area contributed by atoms with E-state index in [9.17, 15) is 9.59 Å². The lowest BCUT2D eigenvalue weighted by molar-refractivity contribution is -0.129. The standard InChI is InChI=1S/C13H18N4O3/c14-12(18)11-8-20-6-5-17(11)7-9-3-1-2-4-10(9)13(19)16-15/h1-4,11H,5-8,15H2,(H2,14,18)(H,16,19). The normalized spacial score (nSPS) is 19.6. The van der Waals surface area contributed by atoms with E-state index in [-0.39, 0.29) is 12.5 Å². The van der Waals surface area contributed by atoms with Crippen molar-refractivity contribution < 1.29 is 14.3 Å². The number of ether oxygens (including phenoxy) is 1. The fourth-order valence-corrected chi connectivity index (χ4v) is 2.27. The Kier molecular flexibility index (Phi) is 4.67. The summed E-state index contributed by atoms with van der Waals surface area (Å²) >= 11 is 0. The molecule has 0 radical (unpaired) electrons. The fourth-order valence-electron chi connectivity index (χ4n) is 2.27. The van der Waals surface area contributed by atoms with Crippen molar-refractivity contribution >= 4 is 11.8 Å². The number of morpholine rings is 1. The molecular weight excluding hydrogens is 260 g/mol. The number of nitrogens with zero attached hydrogens (tertiary/aromatic N) is 1. The van der Waals surface area contributed by atoms with Gasteiger partial charge in [0.2, 0.25) is 5.91 Å². The molecular formula is C13H18N4O3. The number of rotatable bonds is 4. The van der Waals surface area contributed by atoms with Crippen LogP contribution in [0, 0.1) is 0 Å². The van der Waals surface area contributed by atoms with Gasteiger partial charge in [0.15, 0.2) is 0 Å². The number of hydrogen-bond donors (Lipinski definition) is 3. The first-order valence-electron chi connectivity index (χ1n) is 6.33. The minimum absolute atomic E-state index is 0.278. The van der Waals surface area contributed by atoms with E-state index < -0.39 is 11.9 Å². The Labute approximate surface area is 116 Å². The highest BCUT2D eigenvalue weighted by molar-refractivity contribution is 5.95. The van der Waals surface area contributed by atoms with Crippen LogP contribution in [-0.4, -0.2) is 42.5 Å². The molecule has 1 aromatic carbocycles. The second kappa shape index (κ2) is 6.47. The van der Waals surface area contributed by atoms with Gasteiger partial charge in [-0.25, -0.2) is 5.84 Å². The molecule has 1 aliphatic rings. The number of hydrazine groups is 1. The molecule has 0 saturated carbocycles. The summed E-state index contributed by atoms with van der Waals surface area (Å²) in [6, 6.07) is 6.65. The minimum Gasteiger partial charge on any atom is -0.378 e. The Morgan fingerprint density at radius 1 is 1.40 bits per heavy atom. The summed E-state index contributed by atoms with van der Waals surface area (Å²) in [4.78, 5) is 25.1. The second-order valence-corrected chi connectivity index (χ2v) is 4.59. The SMILES string of the molecule is NNC(=O)c1ccccc1CN1CCOCC1C(N)=O. The minimum atomic E-state index is -0.474. The van der Waals surface area contributed by atoms with Gasteiger partial charge in [0, 0.05) is 18.7 Å². The Bertz CT molecular complexity index is 506. The van der Waals surface area contributed by atoms with Gasteiger partial charge in [-0.15, -0.1) is 0 Å². The molecule has 1 fully saturated rings. The summed E-state index contributed by atoms with van der Waals surface area (Å²) in [7, 11) is 0. The van der Waals surface area contributed by atoms with Crippen LogP contribution in [0.1, 0.15) is 15.9 Å². The van der Waals surface area contributed by atoms with E-state index in [1.807, 2.05) is 17.0 Å². The van der Waals surface area contributed by atoms with E-state index in [1.54, 1.807) is 12.1 Å². The van der Waals surface area contributed by atoms with Crippen LogP contribution in [0.3, 0.4) is 0 Å². The Balaban J connectivity index is 2.20. The van der Waals surface area contributed by atoms with Crippen molar-refractivity contribution in [2.24, 2.45) is 11.6 Å². The third-order valence-corrected chi connectivity index (χ3v) is 3.33. The van der Waals surface area contributed by atoms with E-state index in [0.717, 1.165) is 5.56 Å². The monoisotopic (exact) mass is 278 g/mol. The average Bonchev–Trinajstić information content (AvgIpc) is 2.47. The van der Waals surface area contributed by atoms with Gasteiger partial charge in [-0.05, 0) is 11.6 Å². The number of benzene rings is 1. The van der Waals surface area contributed by atoms with Gasteiger partial charge < -0.3 is 10.5 Å². The molecule has 108 valence electrons. The molecule has 0 bridgehead atoms. The molecule has 5 N–H and O–H groups in total. The van der Waals surface area contributed by atoms with Crippen LogP contribution in [0.2, 0.25) is 0 Å². The summed E-state index contributed by atoms with van der Waals surface area (Å²) in [6.45, 7) is 1.85. The zero-order valence-electron chi connectivity index (χ0n) is 11.0. The van der Waals surface area contributed by atoms with Crippen LogP contribution in [-0.2, 0) is 16.1 Å². The van der Waals surface area contributed by atoms with Crippen molar-refractivity contribution in [2.75, 3.05) is 19.8 Å². The largest absolute Gasteiger partial charge is 0.378 e. The Hall–Kier alpha value is -1.96. The van der Waals surface area contributed by atoms with Crippen LogP contribution < -0.4 is 17.0 Å². The second-order valence-electron chi connectivity index (χ2n) is 4.59. The van der Waals surface area contributed by atoms with Gasteiger partial charge in [-0.1, -0.05) is 18.2 Å². The van der Waals surface area contributed by atoms with Crippen molar-refractivity contribution in [1.29, 1.82) is 0 Å². The maximum atomic E-state index is 11.7. The maximum Gasteiger partial charge on any atom is 0.265 e. The smallest absolute Gasteiger partial charge is 0.265 e. The van der Waals surface area contributed by atoms with Crippen LogP contribution in [0.4, 0.5) is 0 Å². The highest BCUT2D eigenvalue weighted by atomic mass is 16.5. The number of hydrogen-bond acceptors (Lipinski definition) is 5. The number of primary amides is 1. The van der Waals surface area contributed by atoms with Crippen molar-refractivity contribution in [1.82, 2.24) is 10.3 Å². The molecule has 20 heavy (non-hydrogen) atoms. The highest BCUT2D eigenvalue weighted by Crippen LogP contribution is 2.16. The molecule has 1 atom stereocenters. The van der Waals surface area contributed by atoms with Crippen LogP contribution in [0.25, 0.3) is 0 Å². The lowest BCUT2D eigenvalue weighted by atomic mass is 10.1. The zero-order valence-corrected chi connectivity index (χ0v) is 11.0. The predicted octanol–water partition coefficient (Wildman–Crippen LogP) is -1.02. The molecule has 0 aliphatic carbocycles. The quantitative estimate of drug-likeness (QED) is 0.371. The van der Waals surface area contributed by atoms with E-state index >= 15 is 0 Å². The number of nitrogen functional groups attached to an aromatic ring is 1. The average molecular weight is 278 g/mol. The first kappa shape index (κ1) is 14.4. The number of nitrogens with one attached hydrogen (secondary N) is 1. The maximum absolute atomic E-state index is 11.7. The van der Waals surface area contributed by atoms with Crippen molar-refractivity contribution in [3.8, 4) is 0 Å². The number of carbonyl (C=O) groups is 2. The molecule has 2 rings (SSSR count). The van der Waals surface area contributed by atoms with Gasteiger partial charge >= 0.3 is 0 Å². The molecule has 1 heterocycles. The number of amides is 2. The lowest BCUT2D eigenvalue weighted by Crippen LogP contribution is -2.52. The molecule has 7 heteroatoms. The molecule has 1 unspecified atom stereocenters. The van der Waals surface area contributed by atoms with Crippen molar-refractivity contribution in [2.45, 2.75) is 12.6 Å². The van der Waals surface area contributed by atoms with Crippen LogP contribution in [0.5, 0.6) is 0 Å². The van der Waals surface area contributed by atoms with E-state index in [1.165, 1.54) is 0 Å². The first-order valence-corrected chi connectivity index (χ1v) is 6.33. The predicted molar refractivity (Wildman–Crippen MR) is 72.3 cm³/mol. The fraction of sp³-hybridized carbons (Fsp3) is 0.385. The topological polar surface area (TPSA) is 111 Å². The molecule has 1 aliphatic heterocycles. The van der Waals surface area contributed by atoms with Gasteiger partial charge in [0.1, 0.15) is 6.04 Å². The Morgan fingerprint density at radius 2 is 2.15 bits per heavy atom. The summed E-state index contributed by atoms with van der Waals surface area (Å²) in [6.07, 6.45) is 0. The van der Waals surface area contributed by atoms with Crippen LogP contribution in [0.15, 0.2) is 24.3 Å². The third kappa shape index (κ3) is 3.13. The molecule has 0 aromatic heterocycles. The van der Waals surface area contributed by atoms with Gasteiger partial charge in [0.25, 0.3) is 5.91 Å². The molecule has 1 saturated heterocycles. The Morgan fingerprint density at radius 3 is 2.85 bits per heavy atom. The van der Waals surface area contributed by atoms with Crippen LogP contribution >= 0.6 is 0 Å². The molecule has 1 aromatic rings. The third-order valence-electron chi connectivity index (χ3n) is 3.33. The zero-order chi connectivity index (χ0) is 14.5. The van der Waals surface area contributed by atoms with Gasteiger partial charge in [-0.3, -0.25) is 19.9 Å². The summed E-state index contributed by atoms with van der Waals surface area (Å²) < 4.78 is 5.27. The van der Waals surface area contributed by atoms with Gasteiger partial charge in [-0.2, -0.15) is 0 Å². The number of carbonyl (C=O) groups excluding carboxylic acids is 2. The summed E-state index contributed by atoms with van der Waals surface area (Å²) in [5, 5.41) is 0. The van der Waals surface area contributed by atoms with Gasteiger partial charge in [0.05, 0.1) is 13.2 Å². The van der Waals surface area contributed by atoms with E-state index in [0.29, 0.717) is 25.3 Å². The van der Waals surface area contributed by atoms with E-state index in [2.05, 4.69) is 5.43 Å². The summed E-state index contributed by atoms with van der Waals surface area (Å²) in [5.74, 6) is 4.39. The summed E-state index contributed by atoms with van der Waals surface area (Å²) in [5.41, 5.74) is 8.78. The highest BCUT2D eigenvalue weighted by Gasteiger charge is 2.28. The molecule has 7 nitrogen and oxygen atoms in total. The lowest BCUT2D eigenvalue weighted by Gasteiger charge is -2.33. The van der Waals surface area contributed by atoms with E-state index in [4.69, 9.17) is 16.3 Å². The first-order chi connectivity index (χ1) is 9.63. The van der Waals surface area contributed by atoms with Crippen molar-refractivity contribution in [3.63, 3.8) is 0 Å². The number of nitrogens with two attached hydrogens (primary N) is 2. The van der Waals surface area contributed by atoms with Crippen molar-refractivity contribution in [3.05, 3.63) is 35.4 Å².